The smallest absolute Gasteiger partial charge is 0.249 e. The lowest BCUT2D eigenvalue weighted by molar-refractivity contribution is 0.0999. The number of primary amides is 1. The van der Waals surface area contributed by atoms with Gasteiger partial charge in [-0.1, -0.05) is 34.1 Å². The predicted octanol–water partition coefficient (Wildman–Crippen LogP) is 4.19. The van der Waals surface area contributed by atoms with E-state index in [0.29, 0.717) is 17.9 Å². The number of carbonyl (C=O) groups excluding carboxylic acids is 1. The Kier molecular flexibility index (Phi) is 5.63. The highest BCUT2D eigenvalue weighted by molar-refractivity contribution is 9.10. The summed E-state index contributed by atoms with van der Waals surface area (Å²) in [7, 11) is 4.01. The Morgan fingerprint density at radius 1 is 1.22 bits per heavy atom. The number of benzene rings is 2. The van der Waals surface area contributed by atoms with Crippen LogP contribution in [0.1, 0.15) is 45.5 Å². The molecule has 2 aromatic rings. The second-order valence-corrected chi connectivity index (χ2v) is 8.47. The highest BCUT2D eigenvalue weighted by atomic mass is 79.9. The lowest BCUT2D eigenvalue weighted by Crippen LogP contribution is -2.21. The minimum absolute atomic E-state index is 0.0833. The molecule has 0 aromatic heterocycles. The Bertz CT molecular complexity index is 873. The molecule has 1 amide bonds. The lowest BCUT2D eigenvalue weighted by atomic mass is 9.83. The Labute approximate surface area is 169 Å². The van der Waals surface area contributed by atoms with E-state index < -0.39 is 5.91 Å². The maximum Gasteiger partial charge on any atom is 0.249 e. The molecule has 0 spiro atoms. The van der Waals surface area contributed by atoms with E-state index in [1.807, 2.05) is 21.0 Å². The van der Waals surface area contributed by atoms with Gasteiger partial charge in [-0.05, 0) is 75.2 Å². The monoisotopic (exact) mass is 430 g/mol. The summed E-state index contributed by atoms with van der Waals surface area (Å²) in [4.78, 5) is 14.1. The molecular formula is C22H27BrN2O2. The zero-order chi connectivity index (χ0) is 19.8. The Morgan fingerprint density at radius 3 is 2.52 bits per heavy atom. The Balaban J connectivity index is 2.07. The molecule has 144 valence electrons. The van der Waals surface area contributed by atoms with Crippen molar-refractivity contribution in [2.24, 2.45) is 5.73 Å². The summed E-state index contributed by atoms with van der Waals surface area (Å²) in [5.41, 5.74) is 10.7. The minimum atomic E-state index is -0.411. The van der Waals surface area contributed by atoms with E-state index in [9.17, 15) is 4.79 Å². The lowest BCUT2D eigenvalue weighted by Gasteiger charge is -2.24. The summed E-state index contributed by atoms with van der Waals surface area (Å²) in [6, 6.07) is 10.2. The van der Waals surface area contributed by atoms with Crippen LogP contribution in [0, 0.1) is 13.8 Å². The van der Waals surface area contributed by atoms with Gasteiger partial charge in [0.25, 0.3) is 0 Å². The Hall–Kier alpha value is -1.85. The molecule has 0 unspecified atom stereocenters. The van der Waals surface area contributed by atoms with Gasteiger partial charge in [-0.3, -0.25) is 4.79 Å². The number of amides is 1. The molecule has 0 radical (unpaired) electrons. The number of nitrogens with two attached hydrogens (primary N) is 1. The van der Waals surface area contributed by atoms with Crippen molar-refractivity contribution >= 4 is 21.8 Å². The number of rotatable bonds is 7. The molecule has 0 bridgehead atoms. The van der Waals surface area contributed by atoms with Gasteiger partial charge in [-0.25, -0.2) is 0 Å². The highest BCUT2D eigenvalue weighted by Crippen LogP contribution is 2.57. The molecule has 1 saturated carbocycles. The van der Waals surface area contributed by atoms with Crippen molar-refractivity contribution in [2.75, 3.05) is 27.2 Å². The van der Waals surface area contributed by atoms with Crippen molar-refractivity contribution in [3.8, 4) is 5.75 Å². The molecule has 2 aromatic carbocycles. The number of aryl methyl sites for hydroxylation is 1. The number of carbonyl (C=O) groups is 1. The van der Waals surface area contributed by atoms with Crippen LogP contribution in [0.15, 0.2) is 34.8 Å². The van der Waals surface area contributed by atoms with E-state index in [1.54, 1.807) is 6.07 Å². The quantitative estimate of drug-likeness (QED) is 0.716. The van der Waals surface area contributed by atoms with Crippen LogP contribution in [0.4, 0.5) is 0 Å². The van der Waals surface area contributed by atoms with E-state index in [-0.39, 0.29) is 5.41 Å². The van der Waals surface area contributed by atoms with Gasteiger partial charge in [0.2, 0.25) is 5.91 Å². The third-order valence-electron chi connectivity index (χ3n) is 5.43. The molecule has 5 heteroatoms. The number of hydrogen-bond acceptors (Lipinski definition) is 3. The average Bonchev–Trinajstić information content (AvgIpc) is 3.39. The molecule has 1 aliphatic carbocycles. The summed E-state index contributed by atoms with van der Waals surface area (Å²) in [5.74, 6) is 0.298. The van der Waals surface area contributed by atoms with Crippen LogP contribution in [0.5, 0.6) is 5.75 Å². The van der Waals surface area contributed by atoms with Crippen LogP contribution in [-0.4, -0.2) is 38.1 Å². The standard InChI is InChI=1S/C22H27BrN2O2/c1-14-6-5-7-18(20(14)23)22(8-9-22)19-13-16(27-11-10-25(3)4)12-17(15(19)2)21(24)26/h5-7,12-13H,8-11H2,1-4H3,(H2,24,26). The van der Waals surface area contributed by atoms with Gasteiger partial charge < -0.3 is 15.4 Å². The van der Waals surface area contributed by atoms with Crippen LogP contribution in [0.2, 0.25) is 0 Å². The molecular weight excluding hydrogens is 404 g/mol. The predicted molar refractivity (Wildman–Crippen MR) is 113 cm³/mol. The van der Waals surface area contributed by atoms with Crippen LogP contribution in [-0.2, 0) is 5.41 Å². The zero-order valence-electron chi connectivity index (χ0n) is 16.4. The zero-order valence-corrected chi connectivity index (χ0v) is 18.0. The van der Waals surface area contributed by atoms with Gasteiger partial charge in [0, 0.05) is 22.0 Å². The van der Waals surface area contributed by atoms with Gasteiger partial charge in [0.05, 0.1) is 0 Å². The third-order valence-corrected chi connectivity index (χ3v) is 6.48. The van der Waals surface area contributed by atoms with E-state index >= 15 is 0 Å². The summed E-state index contributed by atoms with van der Waals surface area (Å²) < 4.78 is 7.10. The van der Waals surface area contributed by atoms with Crippen LogP contribution in [0.25, 0.3) is 0 Å². The molecule has 4 nitrogen and oxygen atoms in total. The van der Waals surface area contributed by atoms with Crippen LogP contribution >= 0.6 is 15.9 Å². The summed E-state index contributed by atoms with van der Waals surface area (Å²) in [6.07, 6.45) is 2.10. The first-order valence-electron chi connectivity index (χ1n) is 9.24. The Morgan fingerprint density at radius 2 is 1.93 bits per heavy atom. The third kappa shape index (κ3) is 3.90. The van der Waals surface area contributed by atoms with E-state index in [1.165, 1.54) is 11.1 Å². The van der Waals surface area contributed by atoms with Gasteiger partial charge in [-0.2, -0.15) is 0 Å². The molecule has 0 aliphatic heterocycles. The molecule has 27 heavy (non-hydrogen) atoms. The van der Waals surface area contributed by atoms with Gasteiger partial charge >= 0.3 is 0 Å². The topological polar surface area (TPSA) is 55.6 Å². The second kappa shape index (κ2) is 7.64. The average molecular weight is 431 g/mol. The molecule has 1 fully saturated rings. The largest absolute Gasteiger partial charge is 0.492 e. The van der Waals surface area contributed by atoms with Crippen molar-refractivity contribution < 1.29 is 9.53 Å². The van der Waals surface area contributed by atoms with Gasteiger partial charge in [0.1, 0.15) is 12.4 Å². The molecule has 0 heterocycles. The molecule has 2 N–H and O–H groups in total. The summed E-state index contributed by atoms with van der Waals surface area (Å²) in [5, 5.41) is 0. The summed E-state index contributed by atoms with van der Waals surface area (Å²) >= 11 is 3.77. The van der Waals surface area contributed by atoms with Crippen molar-refractivity contribution in [1.82, 2.24) is 4.90 Å². The SMILES string of the molecule is Cc1cccc(C2(c3cc(OCCN(C)C)cc(C(N)=O)c3C)CC2)c1Br. The fourth-order valence-electron chi connectivity index (χ4n) is 3.70. The van der Waals surface area contributed by atoms with Crippen molar-refractivity contribution in [1.29, 1.82) is 0 Å². The maximum absolute atomic E-state index is 12.1. The first kappa shape index (κ1) is 19.9. The number of nitrogens with zero attached hydrogens (tertiary/aromatic N) is 1. The maximum atomic E-state index is 12.1. The minimum Gasteiger partial charge on any atom is -0.492 e. The fraction of sp³-hybridized carbons (Fsp3) is 0.409. The molecule has 0 atom stereocenters. The number of ether oxygens (including phenoxy) is 1. The van der Waals surface area contributed by atoms with E-state index in [2.05, 4.69) is 52.0 Å². The second-order valence-electron chi connectivity index (χ2n) is 7.68. The van der Waals surface area contributed by atoms with Gasteiger partial charge in [-0.15, -0.1) is 0 Å². The molecule has 3 rings (SSSR count). The van der Waals surface area contributed by atoms with Crippen molar-refractivity contribution in [3.63, 3.8) is 0 Å². The van der Waals surface area contributed by atoms with Crippen LogP contribution < -0.4 is 10.5 Å². The molecule has 0 saturated heterocycles. The van der Waals surface area contributed by atoms with Gasteiger partial charge in [0.15, 0.2) is 0 Å². The first-order chi connectivity index (χ1) is 12.8. The number of hydrogen-bond donors (Lipinski definition) is 1. The summed E-state index contributed by atoms with van der Waals surface area (Å²) in [6.45, 7) is 5.47. The number of likely N-dealkylation sites (N-methyl/N-ethyl adjacent to an activating group) is 1. The molecule has 1 aliphatic rings. The highest BCUT2D eigenvalue weighted by Gasteiger charge is 2.48. The van der Waals surface area contributed by atoms with Crippen molar-refractivity contribution in [3.05, 3.63) is 62.6 Å². The van der Waals surface area contributed by atoms with Crippen LogP contribution in [0.3, 0.4) is 0 Å². The number of halogens is 1. The van der Waals surface area contributed by atoms with E-state index in [4.69, 9.17) is 10.5 Å². The first-order valence-corrected chi connectivity index (χ1v) is 10.0. The normalized spacial score (nSPS) is 15.0. The van der Waals surface area contributed by atoms with Crippen molar-refractivity contribution in [2.45, 2.75) is 32.1 Å². The fourth-order valence-corrected chi connectivity index (χ4v) is 4.34. The van der Waals surface area contributed by atoms with E-state index in [0.717, 1.165) is 35.0 Å².